The lowest BCUT2D eigenvalue weighted by atomic mass is 10.1. The Kier molecular flexibility index (Phi) is 5.67. The lowest BCUT2D eigenvalue weighted by Crippen LogP contribution is -2.54. The molecule has 0 unspecified atom stereocenters. The summed E-state index contributed by atoms with van der Waals surface area (Å²) in [4.78, 5) is 29.1. The van der Waals surface area contributed by atoms with Gasteiger partial charge in [-0.1, -0.05) is 24.3 Å². The standard InChI is InChI=1S/C22H25N3O4/c1-16(21(26)23-14-17-7-8-19-20(13-17)29-15-28-19)24-9-11-25(12-10-24)22(27)18-5-3-2-4-6-18/h2-8,13,16H,9-12,14-15H2,1H3,(H,23,26)/t16-/m1/s1. The van der Waals surface area contributed by atoms with Crippen molar-refractivity contribution in [1.29, 1.82) is 0 Å². The largest absolute Gasteiger partial charge is 0.454 e. The van der Waals surface area contributed by atoms with Crippen molar-refractivity contribution >= 4 is 11.8 Å². The van der Waals surface area contributed by atoms with Gasteiger partial charge in [0.1, 0.15) is 0 Å². The first kappa shape index (κ1) is 19.3. The van der Waals surface area contributed by atoms with Crippen LogP contribution in [0.15, 0.2) is 48.5 Å². The molecule has 1 saturated heterocycles. The van der Waals surface area contributed by atoms with E-state index in [1.54, 1.807) is 0 Å². The van der Waals surface area contributed by atoms with Crippen LogP contribution in [0.25, 0.3) is 0 Å². The van der Waals surface area contributed by atoms with Gasteiger partial charge in [0.2, 0.25) is 12.7 Å². The molecule has 1 fully saturated rings. The number of ether oxygens (including phenoxy) is 2. The lowest BCUT2D eigenvalue weighted by molar-refractivity contribution is -0.126. The molecular formula is C22H25N3O4. The minimum Gasteiger partial charge on any atom is -0.454 e. The normalized spacial score (nSPS) is 17.1. The zero-order chi connectivity index (χ0) is 20.2. The number of piperazine rings is 1. The van der Waals surface area contributed by atoms with Crippen LogP contribution in [0, 0.1) is 0 Å². The second kappa shape index (κ2) is 8.53. The third-order valence-corrected chi connectivity index (χ3v) is 5.45. The molecule has 1 N–H and O–H groups in total. The maximum atomic E-state index is 12.6. The summed E-state index contributed by atoms with van der Waals surface area (Å²) in [5, 5.41) is 2.99. The van der Waals surface area contributed by atoms with Gasteiger partial charge in [-0.05, 0) is 36.8 Å². The Labute approximate surface area is 170 Å². The number of hydrogen-bond acceptors (Lipinski definition) is 5. The summed E-state index contributed by atoms with van der Waals surface area (Å²) in [5.74, 6) is 1.47. The van der Waals surface area contributed by atoms with Gasteiger partial charge in [0.25, 0.3) is 5.91 Å². The quantitative estimate of drug-likeness (QED) is 0.837. The second-order valence-corrected chi connectivity index (χ2v) is 7.28. The maximum Gasteiger partial charge on any atom is 0.253 e. The molecule has 2 aromatic carbocycles. The van der Waals surface area contributed by atoms with Gasteiger partial charge < -0.3 is 19.7 Å². The van der Waals surface area contributed by atoms with E-state index < -0.39 is 0 Å². The van der Waals surface area contributed by atoms with E-state index >= 15 is 0 Å². The number of amides is 2. The summed E-state index contributed by atoms with van der Waals surface area (Å²) < 4.78 is 10.7. The van der Waals surface area contributed by atoms with Gasteiger partial charge in [0.15, 0.2) is 11.5 Å². The van der Waals surface area contributed by atoms with Crippen LogP contribution in [-0.2, 0) is 11.3 Å². The number of hydrogen-bond donors (Lipinski definition) is 1. The van der Waals surface area contributed by atoms with Crippen molar-refractivity contribution in [3.8, 4) is 11.5 Å². The Hall–Kier alpha value is -3.06. The second-order valence-electron chi connectivity index (χ2n) is 7.28. The molecule has 2 aliphatic heterocycles. The third kappa shape index (κ3) is 4.35. The molecule has 0 aromatic heterocycles. The van der Waals surface area contributed by atoms with Crippen LogP contribution < -0.4 is 14.8 Å². The Balaban J connectivity index is 1.26. The number of fused-ring (bicyclic) bond motifs is 1. The number of benzene rings is 2. The lowest BCUT2D eigenvalue weighted by Gasteiger charge is -2.37. The molecule has 0 bridgehead atoms. The summed E-state index contributed by atoms with van der Waals surface area (Å²) in [6.07, 6.45) is 0. The molecule has 7 heteroatoms. The van der Waals surface area contributed by atoms with E-state index in [0.717, 1.165) is 11.3 Å². The number of carbonyl (C=O) groups is 2. The number of nitrogens with one attached hydrogen (secondary N) is 1. The molecule has 0 saturated carbocycles. The van der Waals surface area contributed by atoms with E-state index in [4.69, 9.17) is 9.47 Å². The van der Waals surface area contributed by atoms with E-state index in [1.165, 1.54) is 0 Å². The van der Waals surface area contributed by atoms with Gasteiger partial charge in [0, 0.05) is 38.3 Å². The topological polar surface area (TPSA) is 71.1 Å². The van der Waals surface area contributed by atoms with E-state index in [2.05, 4.69) is 10.2 Å². The third-order valence-electron chi connectivity index (χ3n) is 5.45. The van der Waals surface area contributed by atoms with Gasteiger partial charge in [-0.3, -0.25) is 14.5 Å². The van der Waals surface area contributed by atoms with Crippen molar-refractivity contribution in [2.45, 2.75) is 19.5 Å². The number of nitrogens with zero attached hydrogens (tertiary/aromatic N) is 2. The van der Waals surface area contributed by atoms with Crippen molar-refractivity contribution < 1.29 is 19.1 Å². The molecule has 2 aliphatic rings. The highest BCUT2D eigenvalue weighted by molar-refractivity contribution is 5.94. The fraction of sp³-hybridized carbons (Fsp3) is 0.364. The van der Waals surface area contributed by atoms with Crippen molar-refractivity contribution in [1.82, 2.24) is 15.1 Å². The minimum atomic E-state index is -0.252. The van der Waals surface area contributed by atoms with Crippen LogP contribution in [0.4, 0.5) is 0 Å². The van der Waals surface area contributed by atoms with Crippen LogP contribution in [-0.4, -0.2) is 60.6 Å². The molecule has 1 atom stereocenters. The molecule has 0 radical (unpaired) electrons. The predicted octanol–water partition coefficient (Wildman–Crippen LogP) is 1.88. The average Bonchev–Trinajstić information content (AvgIpc) is 3.25. The van der Waals surface area contributed by atoms with Gasteiger partial charge in [0.05, 0.1) is 6.04 Å². The van der Waals surface area contributed by atoms with Crippen molar-refractivity contribution in [2.24, 2.45) is 0 Å². The van der Waals surface area contributed by atoms with Crippen LogP contribution in [0.5, 0.6) is 11.5 Å². The smallest absolute Gasteiger partial charge is 0.253 e. The molecule has 2 amide bonds. The molecule has 2 heterocycles. The summed E-state index contributed by atoms with van der Waals surface area (Å²) in [7, 11) is 0. The zero-order valence-corrected chi connectivity index (χ0v) is 16.5. The Morgan fingerprint density at radius 2 is 1.72 bits per heavy atom. The number of rotatable bonds is 5. The minimum absolute atomic E-state index is 0.0227. The molecule has 152 valence electrons. The van der Waals surface area contributed by atoms with Crippen LogP contribution in [0.3, 0.4) is 0 Å². The van der Waals surface area contributed by atoms with E-state index in [9.17, 15) is 9.59 Å². The summed E-state index contributed by atoms with van der Waals surface area (Å²) in [6, 6.07) is 14.7. The first-order valence-electron chi connectivity index (χ1n) is 9.86. The predicted molar refractivity (Wildman–Crippen MR) is 108 cm³/mol. The molecule has 0 aliphatic carbocycles. The molecule has 2 aromatic rings. The average molecular weight is 395 g/mol. The zero-order valence-electron chi connectivity index (χ0n) is 16.5. The van der Waals surface area contributed by atoms with Crippen molar-refractivity contribution in [3.63, 3.8) is 0 Å². The Morgan fingerprint density at radius 1 is 1.00 bits per heavy atom. The molecule has 7 nitrogen and oxygen atoms in total. The van der Waals surface area contributed by atoms with Crippen molar-refractivity contribution in [2.75, 3.05) is 33.0 Å². The van der Waals surface area contributed by atoms with E-state index in [1.807, 2.05) is 60.4 Å². The molecule has 29 heavy (non-hydrogen) atoms. The summed E-state index contributed by atoms with van der Waals surface area (Å²) in [5.41, 5.74) is 1.67. The molecule has 0 spiro atoms. The highest BCUT2D eigenvalue weighted by Gasteiger charge is 2.27. The van der Waals surface area contributed by atoms with E-state index in [-0.39, 0.29) is 24.6 Å². The monoisotopic (exact) mass is 395 g/mol. The van der Waals surface area contributed by atoms with Gasteiger partial charge in [-0.25, -0.2) is 0 Å². The van der Waals surface area contributed by atoms with Crippen LogP contribution >= 0.6 is 0 Å². The first-order valence-corrected chi connectivity index (χ1v) is 9.86. The molecule has 4 rings (SSSR count). The molecular weight excluding hydrogens is 370 g/mol. The van der Waals surface area contributed by atoms with Gasteiger partial charge in [-0.15, -0.1) is 0 Å². The van der Waals surface area contributed by atoms with Crippen LogP contribution in [0.1, 0.15) is 22.8 Å². The summed E-state index contributed by atoms with van der Waals surface area (Å²) >= 11 is 0. The van der Waals surface area contributed by atoms with Crippen molar-refractivity contribution in [3.05, 3.63) is 59.7 Å². The Bertz CT molecular complexity index is 879. The SMILES string of the molecule is C[C@H](C(=O)NCc1ccc2c(c1)OCO2)N1CCN(C(=O)c2ccccc2)CC1. The van der Waals surface area contributed by atoms with Crippen LogP contribution in [0.2, 0.25) is 0 Å². The fourth-order valence-corrected chi connectivity index (χ4v) is 3.63. The maximum absolute atomic E-state index is 12.6. The highest BCUT2D eigenvalue weighted by atomic mass is 16.7. The van der Waals surface area contributed by atoms with E-state index in [0.29, 0.717) is 44.0 Å². The highest BCUT2D eigenvalue weighted by Crippen LogP contribution is 2.32. The fourth-order valence-electron chi connectivity index (χ4n) is 3.63. The van der Waals surface area contributed by atoms with Gasteiger partial charge in [-0.2, -0.15) is 0 Å². The first-order chi connectivity index (χ1) is 14.1. The Morgan fingerprint density at radius 3 is 2.48 bits per heavy atom. The number of carbonyl (C=O) groups excluding carboxylic acids is 2. The van der Waals surface area contributed by atoms with Gasteiger partial charge >= 0.3 is 0 Å². The summed E-state index contributed by atoms with van der Waals surface area (Å²) in [6.45, 7) is 5.17.